The van der Waals surface area contributed by atoms with Gasteiger partial charge in [0.1, 0.15) is 0 Å². The summed E-state index contributed by atoms with van der Waals surface area (Å²) in [4.78, 5) is 0. The molecule has 6 aromatic heterocycles. The summed E-state index contributed by atoms with van der Waals surface area (Å²) in [6, 6.07) is 51.7. The number of aromatic nitrogens is 2. The van der Waals surface area contributed by atoms with Crippen LogP contribution >= 0.6 is 22.7 Å². The number of rotatable bonds is 2. The van der Waals surface area contributed by atoms with Crippen LogP contribution in [0.25, 0.3) is 139 Å². The first kappa shape index (κ1) is 42.4. The van der Waals surface area contributed by atoms with Gasteiger partial charge in [-0.25, -0.2) is 0 Å². The Bertz CT molecular complexity index is 4660. The van der Waals surface area contributed by atoms with Crippen LogP contribution in [0.15, 0.2) is 146 Å². The minimum atomic E-state index is -0.0354. The minimum absolute atomic E-state index is 0.0354. The molecule has 0 amide bonds. The van der Waals surface area contributed by atoms with E-state index in [1.807, 2.05) is 22.7 Å². The van der Waals surface area contributed by atoms with Gasteiger partial charge in [0.25, 0.3) is 0 Å². The molecular weight excluding hydrogens is 933 g/mol. The lowest BCUT2D eigenvalue weighted by atomic mass is 9.79. The minimum Gasteiger partial charge on any atom is -0.308 e. The molecule has 4 heteroatoms. The zero-order valence-corrected chi connectivity index (χ0v) is 46.0. The third kappa shape index (κ3) is 6.10. The third-order valence-electron chi connectivity index (χ3n) is 16.7. The molecule has 0 spiro atoms. The Morgan fingerprint density at radius 2 is 0.689 bits per heavy atom. The number of nitrogens with zero attached hydrogens (tertiary/aromatic N) is 2. The second-order valence-electron chi connectivity index (χ2n) is 25.7. The van der Waals surface area contributed by atoms with Gasteiger partial charge in [-0.05, 0) is 115 Å². The number of fused-ring (bicyclic) bond motifs is 20. The molecule has 0 aliphatic heterocycles. The lowest BCUT2D eigenvalue weighted by Crippen LogP contribution is -2.16. The highest BCUT2D eigenvalue weighted by atomic mass is 32.1. The van der Waals surface area contributed by atoms with E-state index in [1.54, 1.807) is 0 Å². The van der Waals surface area contributed by atoms with Crippen LogP contribution in [0.1, 0.15) is 108 Å². The van der Waals surface area contributed by atoms with Crippen molar-refractivity contribution in [2.24, 2.45) is 0 Å². The number of hydrogen-bond donors (Lipinski definition) is 0. The second-order valence-corrected chi connectivity index (χ2v) is 27.8. The lowest BCUT2D eigenvalue weighted by Gasteiger charge is -2.26. The molecule has 0 radical (unpaired) electrons. The van der Waals surface area contributed by atoms with Crippen molar-refractivity contribution in [2.75, 3.05) is 0 Å². The van der Waals surface area contributed by atoms with E-state index in [1.165, 1.54) is 95.3 Å². The SMILES string of the molecule is [2H]c1c2c3cc4c5ccccc5sc4c4c5ccc(-c6cc(C(C)(C)C)cc(C(C)(C)C)c6)cc5n(c2c([2H])c2c5cc6c7ccccc7sc6c6c7ccc(-c8cc(C(C)(C)C)cc(C(C)(C)C)c8)cc7n(c12)c56)c34. The summed E-state index contributed by atoms with van der Waals surface area (Å²) < 4.78 is 31.6. The molecule has 2 nitrogen and oxygen atoms in total. The smallest absolute Gasteiger partial charge is 0.0653 e. The molecule has 0 bridgehead atoms. The van der Waals surface area contributed by atoms with Gasteiger partial charge < -0.3 is 8.80 Å². The molecule has 0 aliphatic carbocycles. The number of hydrogen-bond acceptors (Lipinski definition) is 2. The molecular formula is C70H60N2S2. The van der Waals surface area contributed by atoms with Gasteiger partial charge in [0.05, 0.1) is 35.8 Å². The molecule has 0 N–H and O–H groups in total. The van der Waals surface area contributed by atoms with E-state index < -0.39 is 0 Å². The van der Waals surface area contributed by atoms with Crippen molar-refractivity contribution < 1.29 is 2.74 Å². The molecule has 362 valence electrons. The van der Waals surface area contributed by atoms with Gasteiger partial charge in [-0.3, -0.25) is 0 Å². The first-order valence-corrected chi connectivity index (χ1v) is 28.0. The summed E-state index contributed by atoms with van der Waals surface area (Å²) in [7, 11) is 0. The molecule has 9 aromatic carbocycles. The molecule has 0 aliphatic rings. The number of benzene rings is 9. The molecule has 0 atom stereocenters. The van der Waals surface area contributed by atoms with Crippen LogP contribution in [-0.4, -0.2) is 8.80 Å². The Labute approximate surface area is 442 Å². The normalized spacial score (nSPS) is 14.1. The highest BCUT2D eigenvalue weighted by molar-refractivity contribution is 7.27. The van der Waals surface area contributed by atoms with Crippen molar-refractivity contribution in [1.29, 1.82) is 0 Å². The Balaban J connectivity index is 1.13. The summed E-state index contributed by atoms with van der Waals surface area (Å²) in [6.07, 6.45) is 0. The largest absolute Gasteiger partial charge is 0.308 e. The van der Waals surface area contributed by atoms with Gasteiger partial charge in [0, 0.05) is 83.4 Å². The molecule has 74 heavy (non-hydrogen) atoms. The maximum atomic E-state index is 10.9. The van der Waals surface area contributed by atoms with Gasteiger partial charge in [-0.2, -0.15) is 0 Å². The molecule has 0 fully saturated rings. The van der Waals surface area contributed by atoms with Crippen molar-refractivity contribution in [1.82, 2.24) is 8.80 Å². The predicted molar refractivity (Wildman–Crippen MR) is 327 cm³/mol. The van der Waals surface area contributed by atoms with Crippen LogP contribution in [0.3, 0.4) is 0 Å². The fourth-order valence-corrected chi connectivity index (χ4v) is 15.0. The zero-order valence-electron chi connectivity index (χ0n) is 46.4. The van der Waals surface area contributed by atoms with E-state index in [0.717, 1.165) is 65.8 Å². The molecule has 15 aromatic rings. The third-order valence-corrected chi connectivity index (χ3v) is 19.1. The van der Waals surface area contributed by atoms with Crippen LogP contribution < -0.4 is 0 Å². The molecule has 0 unspecified atom stereocenters. The average molecular weight is 995 g/mol. The fourth-order valence-electron chi connectivity index (χ4n) is 12.5. The maximum Gasteiger partial charge on any atom is 0.0653 e. The Morgan fingerprint density at radius 3 is 1.05 bits per heavy atom. The topological polar surface area (TPSA) is 8.82 Å². The average Bonchev–Trinajstić information content (AvgIpc) is 4.10. The predicted octanol–water partition coefficient (Wildman–Crippen LogP) is 21.2. The molecule has 0 saturated heterocycles. The summed E-state index contributed by atoms with van der Waals surface area (Å²) in [5.41, 5.74) is 15.8. The van der Waals surface area contributed by atoms with E-state index in [-0.39, 0.29) is 21.7 Å². The van der Waals surface area contributed by atoms with Crippen molar-refractivity contribution >= 4 is 139 Å². The first-order chi connectivity index (χ1) is 36.0. The van der Waals surface area contributed by atoms with Crippen LogP contribution in [0.2, 0.25) is 0 Å². The van der Waals surface area contributed by atoms with E-state index in [0.29, 0.717) is 12.1 Å². The van der Waals surface area contributed by atoms with Gasteiger partial charge in [0.2, 0.25) is 0 Å². The second kappa shape index (κ2) is 14.4. The van der Waals surface area contributed by atoms with Crippen molar-refractivity contribution in [3.63, 3.8) is 0 Å². The van der Waals surface area contributed by atoms with E-state index in [9.17, 15) is 2.74 Å². The van der Waals surface area contributed by atoms with Crippen molar-refractivity contribution in [2.45, 2.75) is 105 Å². The van der Waals surface area contributed by atoms with Crippen molar-refractivity contribution in [3.05, 3.63) is 168 Å². The monoisotopic (exact) mass is 994 g/mol. The highest BCUT2D eigenvalue weighted by Crippen LogP contribution is 2.52. The first-order valence-electron chi connectivity index (χ1n) is 27.4. The standard InChI is InChI=1S/C70H60N2S2/c1-67(2,3)41-25-39(26-42(31-41)68(4,5)6)37-21-23-47-55(29-37)71-57-35-50-52-34-54-46-18-14-16-20-60(46)74-66(54)62-48-24-22-38(40-27-43(69(7,8)9)32-44(28-40)70(10,11)12)30-56(48)72(64(52)62)58(50)36-49(57)51-33-53-45-17-13-15-19-59(45)73-65(53)61(47)63(51)71/h13-36H,1-12H3/i35D,36D. The van der Waals surface area contributed by atoms with E-state index >= 15 is 0 Å². The highest BCUT2D eigenvalue weighted by Gasteiger charge is 2.29. The van der Waals surface area contributed by atoms with Crippen LogP contribution in [0.4, 0.5) is 0 Å². The van der Waals surface area contributed by atoms with E-state index in [2.05, 4.69) is 225 Å². The summed E-state index contributed by atoms with van der Waals surface area (Å²) in [5, 5.41) is 13.4. The van der Waals surface area contributed by atoms with Gasteiger partial charge in [-0.1, -0.05) is 180 Å². The van der Waals surface area contributed by atoms with Crippen LogP contribution in [0, 0.1) is 0 Å². The summed E-state index contributed by atoms with van der Waals surface area (Å²) in [6.45, 7) is 27.7. The Morgan fingerprint density at radius 1 is 0.324 bits per heavy atom. The van der Waals surface area contributed by atoms with Crippen LogP contribution in [-0.2, 0) is 21.7 Å². The van der Waals surface area contributed by atoms with Gasteiger partial charge >= 0.3 is 0 Å². The number of thiophene rings is 2. The Hall–Kier alpha value is -6.98. The summed E-state index contributed by atoms with van der Waals surface area (Å²) >= 11 is 3.72. The fraction of sp³-hybridized carbons (Fsp3) is 0.229. The maximum absolute atomic E-state index is 10.9. The summed E-state index contributed by atoms with van der Waals surface area (Å²) in [5.74, 6) is 0. The van der Waals surface area contributed by atoms with Gasteiger partial charge in [-0.15, -0.1) is 22.7 Å². The zero-order chi connectivity index (χ0) is 52.6. The van der Waals surface area contributed by atoms with Crippen LogP contribution in [0.5, 0.6) is 0 Å². The molecule has 6 heterocycles. The Kier molecular flexibility index (Phi) is 8.27. The quantitative estimate of drug-likeness (QED) is 0.163. The van der Waals surface area contributed by atoms with Crippen molar-refractivity contribution in [3.8, 4) is 22.3 Å². The van der Waals surface area contributed by atoms with Gasteiger partial charge in [0.15, 0.2) is 0 Å². The molecule has 0 saturated carbocycles. The lowest BCUT2D eigenvalue weighted by molar-refractivity contribution is 0.568. The molecule has 15 rings (SSSR count). The van der Waals surface area contributed by atoms with E-state index in [4.69, 9.17) is 0 Å².